The zero-order valence-corrected chi connectivity index (χ0v) is 16.0. The van der Waals surface area contributed by atoms with Crippen LogP contribution in [0, 0.1) is 0 Å². The first kappa shape index (κ1) is 18.7. The molecule has 0 aliphatic carbocycles. The van der Waals surface area contributed by atoms with Gasteiger partial charge in [0.2, 0.25) is 5.91 Å². The van der Waals surface area contributed by atoms with Gasteiger partial charge in [0.05, 0.1) is 24.6 Å². The van der Waals surface area contributed by atoms with E-state index in [4.69, 9.17) is 4.42 Å². The third kappa shape index (κ3) is 4.63. The molecule has 148 valence electrons. The minimum absolute atomic E-state index is 0.0794. The van der Waals surface area contributed by atoms with Crippen LogP contribution in [0.4, 0.5) is 11.5 Å². The van der Waals surface area contributed by atoms with Crippen molar-refractivity contribution in [1.82, 2.24) is 9.88 Å². The van der Waals surface area contributed by atoms with Crippen LogP contribution in [-0.4, -0.2) is 47.9 Å². The lowest BCUT2D eigenvalue weighted by Gasteiger charge is -2.35. The van der Waals surface area contributed by atoms with Crippen LogP contribution in [0.25, 0.3) is 0 Å². The molecule has 1 aromatic carbocycles. The zero-order chi connectivity index (χ0) is 20.1. The molecule has 2 aromatic heterocycles. The van der Waals surface area contributed by atoms with Crippen molar-refractivity contribution >= 4 is 23.3 Å². The Morgan fingerprint density at radius 2 is 1.76 bits per heavy atom. The van der Waals surface area contributed by atoms with E-state index in [1.807, 2.05) is 36.4 Å². The van der Waals surface area contributed by atoms with Gasteiger partial charge in [-0.25, -0.2) is 4.98 Å². The highest BCUT2D eigenvalue weighted by molar-refractivity contribution is 5.92. The minimum atomic E-state index is -0.0958. The summed E-state index contributed by atoms with van der Waals surface area (Å²) in [7, 11) is 0. The minimum Gasteiger partial charge on any atom is -0.459 e. The molecular formula is C22H22N4O3. The number of anilines is 2. The molecular weight excluding hydrogens is 368 g/mol. The van der Waals surface area contributed by atoms with Crippen LogP contribution in [-0.2, 0) is 11.2 Å². The molecule has 3 heterocycles. The lowest BCUT2D eigenvalue weighted by atomic mass is 10.1. The van der Waals surface area contributed by atoms with Crippen molar-refractivity contribution in [2.45, 2.75) is 6.42 Å². The van der Waals surface area contributed by atoms with Gasteiger partial charge in [-0.05, 0) is 29.8 Å². The second-order valence-corrected chi connectivity index (χ2v) is 6.87. The van der Waals surface area contributed by atoms with Gasteiger partial charge in [0, 0.05) is 26.2 Å². The number of pyridine rings is 1. The van der Waals surface area contributed by atoms with Crippen LogP contribution in [0.1, 0.15) is 16.1 Å². The van der Waals surface area contributed by atoms with Crippen molar-refractivity contribution in [2.75, 3.05) is 36.4 Å². The number of furan rings is 1. The van der Waals surface area contributed by atoms with Gasteiger partial charge in [-0.2, -0.15) is 0 Å². The smallest absolute Gasteiger partial charge is 0.289 e. The Kier molecular flexibility index (Phi) is 5.56. The summed E-state index contributed by atoms with van der Waals surface area (Å²) in [4.78, 5) is 32.8. The van der Waals surface area contributed by atoms with Gasteiger partial charge in [0.15, 0.2) is 5.76 Å². The molecule has 0 spiro atoms. The van der Waals surface area contributed by atoms with E-state index < -0.39 is 0 Å². The van der Waals surface area contributed by atoms with Gasteiger partial charge in [0.1, 0.15) is 5.82 Å². The van der Waals surface area contributed by atoms with Crippen LogP contribution in [0.2, 0.25) is 0 Å². The van der Waals surface area contributed by atoms with Gasteiger partial charge >= 0.3 is 0 Å². The second kappa shape index (κ2) is 8.60. The van der Waals surface area contributed by atoms with Gasteiger partial charge < -0.3 is 19.5 Å². The van der Waals surface area contributed by atoms with Crippen LogP contribution in [0.5, 0.6) is 0 Å². The normalized spacial score (nSPS) is 13.9. The van der Waals surface area contributed by atoms with Crippen molar-refractivity contribution in [3.8, 4) is 0 Å². The number of hydrogen-bond acceptors (Lipinski definition) is 5. The zero-order valence-electron chi connectivity index (χ0n) is 16.0. The molecule has 1 aliphatic rings. The molecule has 1 aliphatic heterocycles. The van der Waals surface area contributed by atoms with Gasteiger partial charge in [-0.3, -0.25) is 9.59 Å². The number of piperazine rings is 1. The van der Waals surface area contributed by atoms with Crippen molar-refractivity contribution in [1.29, 1.82) is 0 Å². The molecule has 1 N–H and O–H groups in total. The lowest BCUT2D eigenvalue weighted by Crippen LogP contribution is -2.48. The van der Waals surface area contributed by atoms with Gasteiger partial charge in [-0.1, -0.05) is 30.3 Å². The van der Waals surface area contributed by atoms with Crippen LogP contribution >= 0.6 is 0 Å². The number of amides is 2. The maximum atomic E-state index is 12.3. The van der Waals surface area contributed by atoms with E-state index in [1.54, 1.807) is 29.3 Å². The van der Waals surface area contributed by atoms with E-state index in [0.717, 1.165) is 11.3 Å². The van der Waals surface area contributed by atoms with Crippen molar-refractivity contribution in [2.24, 2.45) is 0 Å². The van der Waals surface area contributed by atoms with E-state index in [0.29, 0.717) is 44.2 Å². The van der Waals surface area contributed by atoms with Crippen molar-refractivity contribution < 1.29 is 14.0 Å². The van der Waals surface area contributed by atoms with Crippen LogP contribution < -0.4 is 10.2 Å². The number of rotatable bonds is 5. The number of nitrogens with zero attached hydrogens (tertiary/aromatic N) is 3. The number of benzene rings is 1. The molecule has 0 unspecified atom stereocenters. The number of carbonyl (C=O) groups excluding carboxylic acids is 2. The Labute approximate surface area is 169 Å². The standard InChI is InChI=1S/C22H22N4O3/c27-21(15-17-5-2-1-3-6-17)24-20-9-8-18(16-23-20)25-10-12-26(13-11-25)22(28)19-7-4-14-29-19/h1-9,14,16H,10-13,15H2,(H,23,24,27). The molecule has 0 saturated carbocycles. The Bertz CT molecular complexity index is 947. The van der Waals surface area contributed by atoms with Crippen LogP contribution in [0.3, 0.4) is 0 Å². The maximum Gasteiger partial charge on any atom is 0.289 e. The molecule has 2 amide bonds. The first-order valence-corrected chi connectivity index (χ1v) is 9.56. The predicted molar refractivity (Wildman–Crippen MR) is 110 cm³/mol. The Hall–Kier alpha value is -3.61. The molecule has 3 aromatic rings. The topological polar surface area (TPSA) is 78.7 Å². The Morgan fingerprint density at radius 1 is 0.966 bits per heavy atom. The highest BCUT2D eigenvalue weighted by Gasteiger charge is 2.23. The summed E-state index contributed by atoms with van der Waals surface area (Å²) >= 11 is 0. The Balaban J connectivity index is 1.29. The molecule has 7 heteroatoms. The monoisotopic (exact) mass is 390 g/mol. The summed E-state index contributed by atoms with van der Waals surface area (Å²) in [5.74, 6) is 0.725. The Morgan fingerprint density at radius 3 is 2.41 bits per heavy atom. The van der Waals surface area contributed by atoms with Crippen molar-refractivity contribution in [3.63, 3.8) is 0 Å². The number of hydrogen-bond donors (Lipinski definition) is 1. The first-order valence-electron chi connectivity index (χ1n) is 9.56. The maximum absolute atomic E-state index is 12.3. The molecule has 29 heavy (non-hydrogen) atoms. The summed E-state index contributed by atoms with van der Waals surface area (Å²) in [6, 6.07) is 16.7. The third-order valence-corrected chi connectivity index (χ3v) is 4.89. The molecule has 4 rings (SSSR count). The molecule has 0 radical (unpaired) electrons. The summed E-state index contributed by atoms with van der Waals surface area (Å²) in [6.45, 7) is 2.67. The van der Waals surface area contributed by atoms with E-state index in [-0.39, 0.29) is 11.8 Å². The number of aromatic nitrogens is 1. The average molecular weight is 390 g/mol. The van der Waals surface area contributed by atoms with Crippen molar-refractivity contribution in [3.05, 3.63) is 78.4 Å². The van der Waals surface area contributed by atoms with Gasteiger partial charge in [-0.15, -0.1) is 0 Å². The SMILES string of the molecule is O=C(Cc1ccccc1)Nc1ccc(N2CCN(C(=O)c3ccco3)CC2)cn1. The van der Waals surface area contributed by atoms with E-state index in [1.165, 1.54) is 6.26 Å². The summed E-state index contributed by atoms with van der Waals surface area (Å²) in [6.07, 6.45) is 3.58. The second-order valence-electron chi connectivity index (χ2n) is 6.87. The van der Waals surface area contributed by atoms with Gasteiger partial charge in [0.25, 0.3) is 5.91 Å². The summed E-state index contributed by atoms with van der Waals surface area (Å²) < 4.78 is 5.19. The summed E-state index contributed by atoms with van der Waals surface area (Å²) in [5.41, 5.74) is 1.93. The van der Waals surface area contributed by atoms with E-state index >= 15 is 0 Å². The lowest BCUT2D eigenvalue weighted by molar-refractivity contribution is -0.115. The van der Waals surface area contributed by atoms with E-state index in [9.17, 15) is 9.59 Å². The fourth-order valence-electron chi connectivity index (χ4n) is 3.34. The largest absolute Gasteiger partial charge is 0.459 e. The quantitative estimate of drug-likeness (QED) is 0.725. The van der Waals surface area contributed by atoms with Crippen LogP contribution in [0.15, 0.2) is 71.5 Å². The molecule has 1 saturated heterocycles. The average Bonchev–Trinajstić information content (AvgIpc) is 3.29. The first-order chi connectivity index (χ1) is 14.2. The fraction of sp³-hybridized carbons (Fsp3) is 0.227. The third-order valence-electron chi connectivity index (χ3n) is 4.89. The fourth-order valence-corrected chi connectivity index (χ4v) is 3.34. The predicted octanol–water partition coefficient (Wildman–Crippen LogP) is 2.82. The number of carbonyl (C=O) groups is 2. The molecule has 0 atom stereocenters. The molecule has 1 fully saturated rings. The number of nitrogens with one attached hydrogen (secondary N) is 1. The molecule has 0 bridgehead atoms. The van der Waals surface area contributed by atoms with E-state index in [2.05, 4.69) is 15.2 Å². The summed E-state index contributed by atoms with van der Waals surface area (Å²) in [5, 5.41) is 2.83. The highest BCUT2D eigenvalue weighted by atomic mass is 16.3. The molecule has 7 nitrogen and oxygen atoms in total. The highest BCUT2D eigenvalue weighted by Crippen LogP contribution is 2.18.